The van der Waals surface area contributed by atoms with E-state index in [1.54, 1.807) is 14.0 Å². The predicted molar refractivity (Wildman–Crippen MR) is 132 cm³/mol. The van der Waals surface area contributed by atoms with Gasteiger partial charge in [0.2, 0.25) is 0 Å². The maximum Gasteiger partial charge on any atom is 0.416 e. The first-order valence-corrected chi connectivity index (χ1v) is 12.6. The van der Waals surface area contributed by atoms with Gasteiger partial charge in [0.25, 0.3) is 5.91 Å². The zero-order valence-corrected chi connectivity index (χ0v) is 21.7. The normalized spacial score (nSPS) is 17.3. The molecule has 1 aliphatic heterocycles. The quantitative estimate of drug-likeness (QED) is 0.220. The molecule has 40 heavy (non-hydrogen) atoms. The van der Waals surface area contributed by atoms with Gasteiger partial charge in [-0.15, -0.1) is 0 Å². The van der Waals surface area contributed by atoms with Gasteiger partial charge in [0, 0.05) is 24.2 Å². The lowest BCUT2D eigenvalue weighted by Gasteiger charge is -2.41. The molecule has 3 heterocycles. The first kappa shape index (κ1) is 27.4. The van der Waals surface area contributed by atoms with Gasteiger partial charge in [-0.3, -0.25) is 9.48 Å². The van der Waals surface area contributed by atoms with Gasteiger partial charge in [0.15, 0.2) is 17.5 Å². The molecular weight excluding hydrogens is 538 g/mol. The first-order valence-electron chi connectivity index (χ1n) is 12.6. The smallest absolute Gasteiger partial charge is 0.327 e. The third kappa shape index (κ3) is 4.52. The summed E-state index contributed by atoms with van der Waals surface area (Å²) >= 11 is 0. The molecule has 210 valence electrons. The predicted octanol–water partition coefficient (Wildman–Crippen LogP) is 6.03. The Bertz CT molecular complexity index is 1560. The average Bonchev–Trinajstić information content (AvgIpc) is 3.56. The first-order chi connectivity index (χ1) is 19.0. The molecule has 2 aromatic heterocycles. The van der Waals surface area contributed by atoms with E-state index in [0.29, 0.717) is 29.8 Å². The molecule has 0 N–H and O–H groups in total. The summed E-state index contributed by atoms with van der Waals surface area (Å²) < 4.78 is 84.3. The Morgan fingerprint density at radius 3 is 2.23 bits per heavy atom. The summed E-state index contributed by atoms with van der Waals surface area (Å²) in [4.78, 5) is 16.8. The zero-order valence-electron chi connectivity index (χ0n) is 21.7. The van der Waals surface area contributed by atoms with Gasteiger partial charge in [0.05, 0.1) is 46.6 Å². The standard InChI is InChI=1S/C27H24F6N6O/c1-4-16-13-18-24(36-37(3)25(18)14-10-19(28)23(30)20(29)11-14)21(5-2)38(16)26(40)17-12-15(27(31,32)33)6-7-22(17)39-34-8-9-35-39/h6-12,16,21H,4-5,13H2,1-3H3. The van der Waals surface area contributed by atoms with Crippen LogP contribution in [0.2, 0.25) is 0 Å². The molecule has 2 aromatic carbocycles. The number of halogens is 6. The van der Waals surface area contributed by atoms with Crippen molar-refractivity contribution < 1.29 is 31.1 Å². The van der Waals surface area contributed by atoms with Crippen LogP contribution in [-0.2, 0) is 19.6 Å². The second-order valence-corrected chi connectivity index (χ2v) is 9.54. The fourth-order valence-corrected chi connectivity index (χ4v) is 5.41. The van der Waals surface area contributed by atoms with Gasteiger partial charge in [0.1, 0.15) is 0 Å². The maximum absolute atomic E-state index is 14.1. The average molecular weight is 563 g/mol. The molecule has 7 nitrogen and oxygen atoms in total. The Labute approximate surface area is 225 Å². The number of carbonyl (C=O) groups excluding carboxylic acids is 1. The van der Waals surface area contributed by atoms with Crippen LogP contribution in [0.3, 0.4) is 0 Å². The van der Waals surface area contributed by atoms with Crippen LogP contribution in [-0.4, -0.2) is 41.6 Å². The summed E-state index contributed by atoms with van der Waals surface area (Å²) in [6.07, 6.45) is -1.00. The summed E-state index contributed by atoms with van der Waals surface area (Å²) in [6.45, 7) is 3.64. The molecular formula is C27H24F6N6O. The van der Waals surface area contributed by atoms with Crippen molar-refractivity contribution in [3.05, 3.63) is 82.6 Å². The van der Waals surface area contributed by atoms with Crippen LogP contribution in [0.5, 0.6) is 0 Å². The highest BCUT2D eigenvalue weighted by atomic mass is 19.4. The minimum Gasteiger partial charge on any atom is -0.327 e. The molecule has 13 heteroatoms. The summed E-state index contributed by atoms with van der Waals surface area (Å²) in [5.41, 5.74) is 0.399. The molecule has 1 aliphatic rings. The van der Waals surface area contributed by atoms with Crippen LogP contribution in [0.4, 0.5) is 26.3 Å². The van der Waals surface area contributed by atoms with E-state index in [1.165, 1.54) is 22.0 Å². The highest BCUT2D eigenvalue weighted by Gasteiger charge is 2.42. The molecule has 0 aliphatic carbocycles. The number of nitrogens with zero attached hydrogens (tertiary/aromatic N) is 6. The number of alkyl halides is 3. The Morgan fingerprint density at radius 1 is 1.00 bits per heavy atom. The fourth-order valence-electron chi connectivity index (χ4n) is 5.41. The van der Waals surface area contributed by atoms with Crippen molar-refractivity contribution >= 4 is 5.91 Å². The minimum atomic E-state index is -4.69. The highest BCUT2D eigenvalue weighted by molar-refractivity contribution is 5.98. The van der Waals surface area contributed by atoms with Gasteiger partial charge < -0.3 is 4.90 Å². The largest absolute Gasteiger partial charge is 0.416 e. The lowest BCUT2D eigenvalue weighted by atomic mass is 9.87. The highest BCUT2D eigenvalue weighted by Crippen LogP contribution is 2.42. The van der Waals surface area contributed by atoms with Crippen molar-refractivity contribution in [3.8, 4) is 16.9 Å². The molecule has 1 amide bonds. The zero-order chi connectivity index (χ0) is 28.9. The fraction of sp³-hybridized carbons (Fsp3) is 0.333. The lowest BCUT2D eigenvalue weighted by Crippen LogP contribution is -2.47. The van der Waals surface area contributed by atoms with E-state index in [-0.39, 0.29) is 23.2 Å². The third-order valence-electron chi connectivity index (χ3n) is 7.20. The van der Waals surface area contributed by atoms with E-state index in [2.05, 4.69) is 15.3 Å². The van der Waals surface area contributed by atoms with E-state index in [9.17, 15) is 31.1 Å². The molecule has 0 bridgehead atoms. The van der Waals surface area contributed by atoms with Crippen LogP contribution >= 0.6 is 0 Å². The number of hydrogen-bond donors (Lipinski definition) is 0. The van der Waals surface area contributed by atoms with E-state index in [4.69, 9.17) is 0 Å². The Kier molecular flexibility index (Phi) is 6.92. The van der Waals surface area contributed by atoms with Gasteiger partial charge in [-0.1, -0.05) is 13.8 Å². The number of aromatic nitrogens is 5. The van der Waals surface area contributed by atoms with Crippen molar-refractivity contribution in [2.75, 3.05) is 0 Å². The number of aryl methyl sites for hydroxylation is 1. The molecule has 2 unspecified atom stereocenters. The topological polar surface area (TPSA) is 68.8 Å². The molecule has 0 saturated carbocycles. The van der Waals surface area contributed by atoms with Gasteiger partial charge in [-0.2, -0.15) is 33.3 Å². The van der Waals surface area contributed by atoms with Gasteiger partial charge >= 0.3 is 6.18 Å². The molecule has 0 fully saturated rings. The Hall–Kier alpha value is -4.16. The Morgan fingerprint density at radius 2 is 1.65 bits per heavy atom. The number of rotatable bonds is 5. The number of carbonyl (C=O) groups is 1. The van der Waals surface area contributed by atoms with Crippen LogP contribution in [0.25, 0.3) is 16.9 Å². The number of amides is 1. The number of hydrogen-bond acceptors (Lipinski definition) is 4. The molecule has 0 saturated heterocycles. The summed E-state index contributed by atoms with van der Waals surface area (Å²) in [7, 11) is 1.57. The van der Waals surface area contributed by atoms with Gasteiger partial charge in [-0.25, -0.2) is 13.2 Å². The van der Waals surface area contributed by atoms with Crippen LogP contribution in [0, 0.1) is 17.5 Å². The monoisotopic (exact) mass is 562 g/mol. The molecule has 4 aromatic rings. The summed E-state index contributed by atoms with van der Waals surface area (Å²) in [5.74, 6) is -4.94. The van der Waals surface area contributed by atoms with Crippen LogP contribution in [0.15, 0.2) is 42.7 Å². The lowest BCUT2D eigenvalue weighted by molar-refractivity contribution is -0.137. The van der Waals surface area contributed by atoms with Crippen molar-refractivity contribution in [3.63, 3.8) is 0 Å². The Balaban J connectivity index is 1.65. The van der Waals surface area contributed by atoms with Crippen LogP contribution < -0.4 is 0 Å². The van der Waals surface area contributed by atoms with E-state index in [1.807, 2.05) is 6.92 Å². The van der Waals surface area contributed by atoms with Gasteiger partial charge in [-0.05, 0) is 49.6 Å². The second-order valence-electron chi connectivity index (χ2n) is 9.54. The van der Waals surface area contributed by atoms with E-state index in [0.717, 1.165) is 35.1 Å². The number of benzene rings is 2. The molecule has 0 spiro atoms. The van der Waals surface area contributed by atoms with Crippen molar-refractivity contribution in [2.24, 2.45) is 7.05 Å². The second kappa shape index (κ2) is 10.1. The van der Waals surface area contributed by atoms with Crippen molar-refractivity contribution in [2.45, 2.75) is 51.4 Å². The minimum absolute atomic E-state index is 0.0810. The maximum atomic E-state index is 14.1. The molecule has 0 radical (unpaired) electrons. The summed E-state index contributed by atoms with van der Waals surface area (Å²) in [5, 5.41) is 12.6. The SMILES string of the molecule is CCC1Cc2c(nn(C)c2-c2cc(F)c(F)c(F)c2)C(CC)N1C(=O)c1cc(C(F)(F)F)ccc1-n1nccn1. The van der Waals surface area contributed by atoms with Crippen LogP contribution in [0.1, 0.15) is 59.9 Å². The molecule has 2 atom stereocenters. The van der Waals surface area contributed by atoms with E-state index < -0.39 is 47.2 Å². The number of fused-ring (bicyclic) bond motifs is 1. The van der Waals surface area contributed by atoms with Crippen molar-refractivity contribution in [1.82, 2.24) is 29.7 Å². The summed E-state index contributed by atoms with van der Waals surface area (Å²) in [6, 6.07) is 3.45. The third-order valence-corrected chi connectivity index (χ3v) is 7.20. The van der Waals surface area contributed by atoms with E-state index >= 15 is 0 Å². The van der Waals surface area contributed by atoms with Crippen molar-refractivity contribution in [1.29, 1.82) is 0 Å². The molecule has 5 rings (SSSR count).